The predicted molar refractivity (Wildman–Crippen MR) is 73.4 cm³/mol. The highest BCUT2D eigenvalue weighted by atomic mass is 16.2. The van der Waals surface area contributed by atoms with E-state index in [2.05, 4.69) is 11.1 Å². The van der Waals surface area contributed by atoms with E-state index in [1.807, 2.05) is 30.3 Å². The van der Waals surface area contributed by atoms with Crippen molar-refractivity contribution in [2.24, 2.45) is 11.5 Å². The second kappa shape index (κ2) is 7.43. The van der Waals surface area contributed by atoms with Gasteiger partial charge in [0.05, 0.1) is 0 Å². The van der Waals surface area contributed by atoms with Gasteiger partial charge < -0.3 is 16.8 Å². The molecule has 0 aliphatic carbocycles. The molecule has 6 amide bonds. The van der Waals surface area contributed by atoms with Gasteiger partial charge in [0.25, 0.3) is 11.8 Å². The first-order valence-corrected chi connectivity index (χ1v) is 5.84. The topological polar surface area (TPSA) is 136 Å². The van der Waals surface area contributed by atoms with Gasteiger partial charge in [0.1, 0.15) is 0 Å². The van der Waals surface area contributed by atoms with Crippen molar-refractivity contribution in [1.82, 2.24) is 10.2 Å². The van der Waals surface area contributed by atoms with E-state index in [9.17, 15) is 19.2 Å². The Kier molecular flexibility index (Phi) is 5.63. The van der Waals surface area contributed by atoms with Crippen LogP contribution in [0.1, 0.15) is 5.56 Å². The molecule has 0 aromatic heterocycles. The molecule has 5 N–H and O–H groups in total. The lowest BCUT2D eigenvalue weighted by Gasteiger charge is -2.05. The quantitative estimate of drug-likeness (QED) is 0.652. The third-order valence-corrected chi connectivity index (χ3v) is 2.34. The Morgan fingerprint density at radius 2 is 1.52 bits per heavy atom. The van der Waals surface area contributed by atoms with Crippen LogP contribution in [-0.2, 0) is 16.1 Å². The molecule has 1 aliphatic heterocycles. The number of imide groups is 3. The molecule has 0 saturated carbocycles. The smallest absolute Gasteiger partial charge is 0.328 e. The first kappa shape index (κ1) is 15.9. The standard InChI is InChI=1S/C8H10N2O.C5H4N2O3/c9-8(11)10-6-7-4-2-1-3-5-7;6-5(10)7-3(8)1-2-4(7)9/h1-5H,6H2,(H3,9,10,11);1-2H,(H2,6,10). The molecule has 110 valence electrons. The molecule has 0 atom stereocenters. The van der Waals surface area contributed by atoms with E-state index in [-0.39, 0.29) is 0 Å². The van der Waals surface area contributed by atoms with Gasteiger partial charge in [0.2, 0.25) is 0 Å². The fourth-order valence-corrected chi connectivity index (χ4v) is 1.40. The molecular formula is C13H14N4O4. The maximum Gasteiger partial charge on any atom is 0.328 e. The fourth-order valence-electron chi connectivity index (χ4n) is 1.40. The van der Waals surface area contributed by atoms with E-state index in [1.54, 1.807) is 0 Å². The molecule has 0 fully saturated rings. The van der Waals surface area contributed by atoms with Crippen LogP contribution in [0.5, 0.6) is 0 Å². The number of carbonyl (C=O) groups excluding carboxylic acids is 4. The molecule has 0 spiro atoms. The summed E-state index contributed by atoms with van der Waals surface area (Å²) in [6, 6.07) is 8.07. The maximum atomic E-state index is 10.5. The molecule has 8 nitrogen and oxygen atoms in total. The summed E-state index contributed by atoms with van der Waals surface area (Å²) in [4.78, 5) is 42.0. The van der Waals surface area contributed by atoms with E-state index in [1.165, 1.54) is 0 Å². The number of urea groups is 2. The lowest BCUT2D eigenvalue weighted by molar-refractivity contribution is -0.132. The van der Waals surface area contributed by atoms with Crippen molar-refractivity contribution in [3.8, 4) is 0 Å². The van der Waals surface area contributed by atoms with Crippen molar-refractivity contribution >= 4 is 23.9 Å². The molecule has 0 bridgehead atoms. The predicted octanol–water partition coefficient (Wildman–Crippen LogP) is -0.155. The van der Waals surface area contributed by atoms with Crippen molar-refractivity contribution < 1.29 is 19.2 Å². The number of benzene rings is 1. The van der Waals surface area contributed by atoms with Crippen LogP contribution in [0.4, 0.5) is 9.59 Å². The highest BCUT2D eigenvalue weighted by Crippen LogP contribution is 2.01. The molecular weight excluding hydrogens is 276 g/mol. The summed E-state index contributed by atoms with van der Waals surface area (Å²) >= 11 is 0. The number of primary amides is 2. The summed E-state index contributed by atoms with van der Waals surface area (Å²) in [5.74, 6) is -1.37. The Morgan fingerprint density at radius 3 is 1.90 bits per heavy atom. The van der Waals surface area contributed by atoms with Gasteiger partial charge in [-0.25, -0.2) is 9.59 Å². The second-order valence-electron chi connectivity index (χ2n) is 3.89. The summed E-state index contributed by atoms with van der Waals surface area (Å²) in [5, 5.41) is 2.50. The zero-order chi connectivity index (χ0) is 15.8. The number of hydrogen-bond donors (Lipinski definition) is 3. The van der Waals surface area contributed by atoms with Crippen LogP contribution in [-0.4, -0.2) is 28.8 Å². The van der Waals surface area contributed by atoms with Gasteiger partial charge in [-0.1, -0.05) is 30.3 Å². The van der Waals surface area contributed by atoms with E-state index in [4.69, 9.17) is 5.73 Å². The monoisotopic (exact) mass is 290 g/mol. The van der Waals surface area contributed by atoms with Crippen LogP contribution < -0.4 is 16.8 Å². The minimum atomic E-state index is -1.04. The van der Waals surface area contributed by atoms with E-state index >= 15 is 0 Å². The highest BCUT2D eigenvalue weighted by Gasteiger charge is 2.27. The average Bonchev–Trinajstić information content (AvgIpc) is 2.78. The van der Waals surface area contributed by atoms with Gasteiger partial charge in [0, 0.05) is 18.7 Å². The van der Waals surface area contributed by atoms with Crippen molar-refractivity contribution in [2.45, 2.75) is 6.54 Å². The first-order valence-electron chi connectivity index (χ1n) is 5.84. The summed E-state index contributed by atoms with van der Waals surface area (Å²) in [5.41, 5.74) is 10.6. The number of hydrogen-bond acceptors (Lipinski definition) is 4. The Balaban J connectivity index is 0.000000211. The van der Waals surface area contributed by atoms with Crippen molar-refractivity contribution in [3.05, 3.63) is 48.0 Å². The van der Waals surface area contributed by atoms with Crippen LogP contribution in [0, 0.1) is 0 Å². The minimum absolute atomic E-state index is 0.361. The summed E-state index contributed by atoms with van der Waals surface area (Å²) in [6.45, 7) is 0.496. The number of amides is 6. The molecule has 1 aromatic carbocycles. The van der Waals surface area contributed by atoms with Gasteiger partial charge in [-0.15, -0.1) is 0 Å². The fraction of sp³-hybridized carbons (Fsp3) is 0.0769. The Labute approximate surface area is 120 Å². The van der Waals surface area contributed by atoms with Crippen LogP contribution in [0.2, 0.25) is 0 Å². The Hall–Kier alpha value is -3.16. The summed E-state index contributed by atoms with van der Waals surface area (Å²) in [7, 11) is 0. The van der Waals surface area contributed by atoms with Crippen molar-refractivity contribution in [1.29, 1.82) is 0 Å². The van der Waals surface area contributed by atoms with Gasteiger partial charge in [-0.05, 0) is 5.56 Å². The Bertz CT molecular complexity index is 565. The molecule has 0 radical (unpaired) electrons. The molecule has 1 aromatic rings. The third kappa shape index (κ3) is 5.15. The van der Waals surface area contributed by atoms with Crippen LogP contribution in [0.3, 0.4) is 0 Å². The number of nitrogens with one attached hydrogen (secondary N) is 1. The van der Waals surface area contributed by atoms with Gasteiger partial charge >= 0.3 is 12.1 Å². The molecule has 1 aliphatic rings. The molecule has 0 unspecified atom stereocenters. The van der Waals surface area contributed by atoms with Gasteiger partial charge in [-0.3, -0.25) is 9.59 Å². The highest BCUT2D eigenvalue weighted by molar-refractivity contribution is 6.22. The van der Waals surface area contributed by atoms with Crippen molar-refractivity contribution in [2.75, 3.05) is 0 Å². The lowest BCUT2D eigenvalue weighted by atomic mass is 10.2. The number of rotatable bonds is 2. The first-order chi connectivity index (χ1) is 9.91. The van der Waals surface area contributed by atoms with Crippen LogP contribution in [0.15, 0.2) is 42.5 Å². The number of nitrogens with two attached hydrogens (primary N) is 2. The lowest BCUT2D eigenvalue weighted by Crippen LogP contribution is -2.40. The van der Waals surface area contributed by atoms with Gasteiger partial charge in [-0.2, -0.15) is 4.90 Å². The molecule has 2 rings (SSSR count). The minimum Gasteiger partial charge on any atom is -0.352 e. The number of nitrogens with zero attached hydrogens (tertiary/aromatic N) is 1. The largest absolute Gasteiger partial charge is 0.352 e. The summed E-state index contributed by atoms with van der Waals surface area (Å²) < 4.78 is 0. The Morgan fingerprint density at radius 1 is 1.00 bits per heavy atom. The second-order valence-corrected chi connectivity index (χ2v) is 3.89. The molecule has 1 heterocycles. The number of carbonyl (C=O) groups is 4. The molecule has 8 heteroatoms. The average molecular weight is 290 g/mol. The van der Waals surface area contributed by atoms with Crippen LogP contribution >= 0.6 is 0 Å². The van der Waals surface area contributed by atoms with Gasteiger partial charge in [0.15, 0.2) is 0 Å². The summed E-state index contributed by atoms with van der Waals surface area (Å²) in [6.07, 6.45) is 1.99. The zero-order valence-electron chi connectivity index (χ0n) is 11.0. The van der Waals surface area contributed by atoms with Crippen molar-refractivity contribution in [3.63, 3.8) is 0 Å². The third-order valence-electron chi connectivity index (χ3n) is 2.34. The molecule has 0 saturated heterocycles. The zero-order valence-corrected chi connectivity index (χ0v) is 11.0. The molecule has 21 heavy (non-hydrogen) atoms. The maximum absolute atomic E-state index is 10.5. The van der Waals surface area contributed by atoms with E-state index in [0.717, 1.165) is 17.7 Å². The van der Waals surface area contributed by atoms with Crippen LogP contribution in [0.25, 0.3) is 0 Å². The SMILES string of the molecule is NC(=O)N1C(=O)C=CC1=O.NC(=O)NCc1ccccc1. The van der Waals surface area contributed by atoms with E-state index in [0.29, 0.717) is 11.4 Å². The van der Waals surface area contributed by atoms with E-state index < -0.39 is 23.9 Å². The normalized spacial score (nSPS) is 12.7.